The maximum Gasteiger partial charge on any atom is 0.284 e. The number of aromatic amines is 1. The molecule has 8 heteroatoms. The molecule has 24 heavy (non-hydrogen) atoms. The van der Waals surface area contributed by atoms with Crippen molar-refractivity contribution in [2.24, 2.45) is 0 Å². The second kappa shape index (κ2) is 5.80. The molecule has 2 aromatic heterocycles. The van der Waals surface area contributed by atoms with Gasteiger partial charge in [0.25, 0.3) is 11.5 Å². The molecule has 1 saturated carbocycles. The van der Waals surface area contributed by atoms with Crippen molar-refractivity contribution >= 4 is 5.91 Å². The molecule has 2 N–H and O–H groups in total. The molecular formula is C16H15N5O3. The Morgan fingerprint density at radius 2 is 2.08 bits per heavy atom. The Morgan fingerprint density at radius 3 is 2.79 bits per heavy atom. The number of nitrogens with one attached hydrogen (secondary N) is 2. The zero-order valence-electron chi connectivity index (χ0n) is 12.7. The molecule has 122 valence electrons. The van der Waals surface area contributed by atoms with E-state index >= 15 is 0 Å². The van der Waals surface area contributed by atoms with Crippen LogP contribution in [0.2, 0.25) is 0 Å². The third kappa shape index (κ3) is 2.73. The van der Waals surface area contributed by atoms with Gasteiger partial charge in [0, 0.05) is 17.7 Å². The Kier molecular flexibility index (Phi) is 3.49. The second-order valence-electron chi connectivity index (χ2n) is 5.80. The zero-order chi connectivity index (χ0) is 16.5. The normalized spacial score (nSPS) is 19.7. The van der Waals surface area contributed by atoms with Crippen LogP contribution in [-0.4, -0.2) is 32.1 Å². The molecule has 1 aliphatic rings. The van der Waals surface area contributed by atoms with E-state index in [0.717, 1.165) is 5.56 Å². The maximum atomic E-state index is 12.2. The van der Waals surface area contributed by atoms with Gasteiger partial charge >= 0.3 is 0 Å². The van der Waals surface area contributed by atoms with Crippen LogP contribution in [0.25, 0.3) is 11.3 Å². The van der Waals surface area contributed by atoms with Gasteiger partial charge in [-0.05, 0) is 12.8 Å². The van der Waals surface area contributed by atoms with E-state index in [1.165, 1.54) is 11.0 Å². The molecule has 0 radical (unpaired) electrons. The molecule has 0 unspecified atom stereocenters. The van der Waals surface area contributed by atoms with Crippen LogP contribution in [0, 0.1) is 0 Å². The number of aromatic nitrogens is 4. The fraction of sp³-hybridized carbons (Fsp3) is 0.250. The van der Waals surface area contributed by atoms with Crippen molar-refractivity contribution in [3.8, 4) is 11.3 Å². The molecule has 0 aliphatic heterocycles. The highest BCUT2D eigenvalue weighted by atomic mass is 16.5. The Balaban J connectivity index is 1.36. The molecule has 1 amide bonds. The molecule has 0 bridgehead atoms. The summed E-state index contributed by atoms with van der Waals surface area (Å²) in [4.78, 5) is 24.8. The first kappa shape index (κ1) is 14.4. The zero-order valence-corrected chi connectivity index (χ0v) is 12.7. The molecule has 0 saturated heterocycles. The van der Waals surface area contributed by atoms with Crippen LogP contribution < -0.4 is 10.9 Å². The van der Waals surface area contributed by atoms with Crippen molar-refractivity contribution < 1.29 is 9.32 Å². The summed E-state index contributed by atoms with van der Waals surface area (Å²) in [5.74, 6) is 0.291. The average Bonchev–Trinajstić information content (AvgIpc) is 3.20. The minimum absolute atomic E-state index is 0.0343. The van der Waals surface area contributed by atoms with Gasteiger partial charge in [-0.3, -0.25) is 9.59 Å². The predicted molar refractivity (Wildman–Crippen MR) is 84.3 cm³/mol. The van der Waals surface area contributed by atoms with Crippen LogP contribution in [0.5, 0.6) is 0 Å². The summed E-state index contributed by atoms with van der Waals surface area (Å²) in [6.07, 6.45) is 2.67. The Morgan fingerprint density at radius 1 is 1.29 bits per heavy atom. The second-order valence-corrected chi connectivity index (χ2v) is 5.80. The molecule has 4 rings (SSSR count). The largest absolute Gasteiger partial charge is 0.355 e. The average molecular weight is 325 g/mol. The summed E-state index contributed by atoms with van der Waals surface area (Å²) in [7, 11) is 0. The molecule has 1 aliphatic carbocycles. The van der Waals surface area contributed by atoms with E-state index in [2.05, 4.69) is 20.7 Å². The van der Waals surface area contributed by atoms with Crippen molar-refractivity contribution in [1.29, 1.82) is 0 Å². The smallest absolute Gasteiger partial charge is 0.284 e. The number of rotatable bonds is 4. The minimum Gasteiger partial charge on any atom is -0.355 e. The lowest BCUT2D eigenvalue weighted by Crippen LogP contribution is -2.45. The number of H-pyrrole nitrogens is 1. The summed E-state index contributed by atoms with van der Waals surface area (Å²) >= 11 is 0. The highest BCUT2D eigenvalue weighted by Gasteiger charge is 2.33. The monoisotopic (exact) mass is 325 g/mol. The first-order valence-electron chi connectivity index (χ1n) is 7.66. The van der Waals surface area contributed by atoms with Crippen molar-refractivity contribution in [3.05, 3.63) is 58.6 Å². The lowest BCUT2D eigenvalue weighted by Gasteiger charge is -2.34. The first-order valence-corrected chi connectivity index (χ1v) is 7.66. The van der Waals surface area contributed by atoms with E-state index in [1.54, 1.807) is 6.07 Å². The number of benzene rings is 1. The lowest BCUT2D eigenvalue weighted by atomic mass is 9.87. The van der Waals surface area contributed by atoms with Crippen molar-refractivity contribution in [1.82, 2.24) is 25.5 Å². The van der Waals surface area contributed by atoms with E-state index in [0.29, 0.717) is 18.6 Å². The quantitative estimate of drug-likeness (QED) is 0.753. The van der Waals surface area contributed by atoms with E-state index in [1.807, 2.05) is 30.3 Å². The minimum atomic E-state index is -0.265. The Hall–Kier alpha value is -3.16. The van der Waals surface area contributed by atoms with Gasteiger partial charge in [0.05, 0.1) is 6.04 Å². The summed E-state index contributed by atoms with van der Waals surface area (Å²) < 4.78 is 5.23. The molecule has 0 spiro atoms. The van der Waals surface area contributed by atoms with Gasteiger partial charge in [-0.2, -0.15) is 5.10 Å². The van der Waals surface area contributed by atoms with E-state index in [-0.39, 0.29) is 29.2 Å². The predicted octanol–water partition coefficient (Wildman–Crippen LogP) is 1.36. The number of hydrogen-bond donors (Lipinski definition) is 2. The standard InChI is InChI=1S/C16H15N5O3/c22-15-9-17-21(19-15)12-6-11(7-12)18-16(23)13-8-14(24-20-13)10-4-2-1-3-5-10/h1-5,8-9,11-12H,6-7H2,(H,18,23)(H,19,22). The molecule has 0 atom stereocenters. The first-order chi connectivity index (χ1) is 11.7. The SMILES string of the molecule is O=C(NC1CC(n2ncc(=O)[nH]2)C1)c1cc(-c2ccccc2)on1. The van der Waals surface area contributed by atoms with Gasteiger partial charge < -0.3 is 9.84 Å². The van der Waals surface area contributed by atoms with Crippen LogP contribution in [-0.2, 0) is 0 Å². The molecule has 3 aromatic rings. The highest BCUT2D eigenvalue weighted by Crippen LogP contribution is 2.30. The van der Waals surface area contributed by atoms with Gasteiger partial charge in [-0.15, -0.1) is 0 Å². The topological polar surface area (TPSA) is 106 Å². The number of hydrogen-bond acceptors (Lipinski definition) is 5. The number of carbonyl (C=O) groups is 1. The third-order valence-electron chi connectivity index (χ3n) is 4.12. The molecule has 2 heterocycles. The van der Waals surface area contributed by atoms with Crippen LogP contribution in [0.4, 0.5) is 0 Å². The fourth-order valence-corrected chi connectivity index (χ4v) is 2.76. The van der Waals surface area contributed by atoms with Gasteiger partial charge in [0.1, 0.15) is 6.20 Å². The van der Waals surface area contributed by atoms with Crippen molar-refractivity contribution in [2.45, 2.75) is 24.9 Å². The van der Waals surface area contributed by atoms with Gasteiger partial charge in [-0.1, -0.05) is 35.5 Å². The third-order valence-corrected chi connectivity index (χ3v) is 4.12. The van der Waals surface area contributed by atoms with Crippen LogP contribution >= 0.6 is 0 Å². The highest BCUT2D eigenvalue weighted by molar-refractivity contribution is 5.93. The number of amides is 1. The Bertz CT molecular complexity index is 905. The van der Waals surface area contributed by atoms with Gasteiger partial charge in [-0.25, -0.2) is 9.90 Å². The Labute approximate surface area is 136 Å². The van der Waals surface area contributed by atoms with Gasteiger partial charge in [0.15, 0.2) is 11.5 Å². The summed E-state index contributed by atoms with van der Waals surface area (Å²) in [5, 5.41) is 13.3. The lowest BCUT2D eigenvalue weighted by molar-refractivity contribution is 0.0872. The number of nitrogens with zero attached hydrogens (tertiary/aromatic N) is 3. The summed E-state index contributed by atoms with van der Waals surface area (Å²) in [5.41, 5.74) is 0.902. The summed E-state index contributed by atoms with van der Waals surface area (Å²) in [6.45, 7) is 0. The van der Waals surface area contributed by atoms with Crippen molar-refractivity contribution in [2.75, 3.05) is 0 Å². The molecule has 1 aromatic carbocycles. The maximum absolute atomic E-state index is 12.2. The molecule has 8 nitrogen and oxygen atoms in total. The van der Waals surface area contributed by atoms with Gasteiger partial charge in [0.2, 0.25) is 0 Å². The van der Waals surface area contributed by atoms with E-state index < -0.39 is 0 Å². The molecular weight excluding hydrogens is 310 g/mol. The van der Waals surface area contributed by atoms with E-state index in [4.69, 9.17) is 4.52 Å². The summed E-state index contributed by atoms with van der Waals surface area (Å²) in [6, 6.07) is 11.3. The number of carbonyl (C=O) groups excluding carboxylic acids is 1. The molecule has 1 fully saturated rings. The fourth-order valence-electron chi connectivity index (χ4n) is 2.76. The van der Waals surface area contributed by atoms with Crippen LogP contribution in [0.1, 0.15) is 29.4 Å². The van der Waals surface area contributed by atoms with Crippen LogP contribution in [0.3, 0.4) is 0 Å². The van der Waals surface area contributed by atoms with Crippen LogP contribution in [0.15, 0.2) is 51.9 Å². The van der Waals surface area contributed by atoms with Crippen molar-refractivity contribution in [3.63, 3.8) is 0 Å². The van der Waals surface area contributed by atoms with E-state index in [9.17, 15) is 9.59 Å².